The molecule has 0 bridgehead atoms. The van der Waals surface area contributed by atoms with Crippen molar-refractivity contribution >= 4 is 17.1 Å². The summed E-state index contributed by atoms with van der Waals surface area (Å²) in [5.41, 5.74) is 9.17. The molecule has 1 aliphatic heterocycles. The number of aromatic nitrogens is 4. The van der Waals surface area contributed by atoms with Gasteiger partial charge in [-0.05, 0) is 25.2 Å². The van der Waals surface area contributed by atoms with Crippen LogP contribution in [0, 0.1) is 12.3 Å². The van der Waals surface area contributed by atoms with Gasteiger partial charge in [-0.15, -0.1) is 0 Å². The van der Waals surface area contributed by atoms with Crippen LogP contribution in [0.3, 0.4) is 0 Å². The van der Waals surface area contributed by atoms with Crippen LogP contribution >= 0.6 is 0 Å². The maximum absolute atomic E-state index is 6.09. The zero-order chi connectivity index (χ0) is 13.6. The van der Waals surface area contributed by atoms with Crippen LogP contribution in [0.1, 0.15) is 25.5 Å². The van der Waals surface area contributed by atoms with Crippen molar-refractivity contribution < 1.29 is 4.74 Å². The summed E-state index contributed by atoms with van der Waals surface area (Å²) in [6.07, 6.45) is 2.12. The summed E-state index contributed by atoms with van der Waals surface area (Å²) in [4.78, 5) is 4.46. The smallest absolute Gasteiger partial charge is 0.202 e. The molecule has 0 aromatic carbocycles. The van der Waals surface area contributed by atoms with E-state index in [1.165, 1.54) is 0 Å². The topological polar surface area (TPSA) is 70.9 Å². The molecule has 2 aromatic heterocycles. The number of nitrogen functional groups attached to an aromatic ring is 1. The molecule has 6 nitrogen and oxygen atoms in total. The number of ether oxygens (including phenoxy) is 1. The third kappa shape index (κ3) is 2.00. The molecule has 104 valence electrons. The highest BCUT2D eigenvalue weighted by atomic mass is 16.5. The second-order valence-electron chi connectivity index (χ2n) is 5.86. The van der Waals surface area contributed by atoms with Gasteiger partial charge >= 0.3 is 0 Å². The Morgan fingerprint density at radius 1 is 1.37 bits per heavy atom. The number of aryl methyl sites for hydroxylation is 2. The lowest BCUT2D eigenvalue weighted by Crippen LogP contribution is -2.31. The number of nitrogens with two attached hydrogens (primary N) is 1. The Hall–Kier alpha value is -1.56. The fourth-order valence-electron chi connectivity index (χ4n) is 2.91. The molecule has 19 heavy (non-hydrogen) atoms. The fraction of sp³-hybridized carbons (Fsp3) is 0.692. The molecule has 0 atom stereocenters. The predicted octanol–water partition coefficient (Wildman–Crippen LogP) is 1.48. The predicted molar refractivity (Wildman–Crippen MR) is 73.8 cm³/mol. The van der Waals surface area contributed by atoms with E-state index >= 15 is 0 Å². The number of fused-ring (bicyclic) bond motifs is 1. The van der Waals surface area contributed by atoms with Crippen molar-refractivity contribution in [2.75, 3.05) is 18.9 Å². The van der Waals surface area contributed by atoms with Gasteiger partial charge in [0.1, 0.15) is 5.52 Å². The fourth-order valence-corrected chi connectivity index (χ4v) is 2.91. The lowest BCUT2D eigenvalue weighted by Gasteiger charge is -2.34. The first-order chi connectivity index (χ1) is 9.00. The van der Waals surface area contributed by atoms with Crippen molar-refractivity contribution in [3.63, 3.8) is 0 Å². The van der Waals surface area contributed by atoms with Gasteiger partial charge in [-0.2, -0.15) is 5.10 Å². The molecule has 1 fully saturated rings. The Bertz CT molecular complexity index is 606. The minimum Gasteiger partial charge on any atom is -0.381 e. The number of anilines is 1. The van der Waals surface area contributed by atoms with Gasteiger partial charge in [-0.1, -0.05) is 6.92 Å². The molecule has 2 N–H and O–H groups in total. The lowest BCUT2D eigenvalue weighted by molar-refractivity contribution is 0.0162. The van der Waals surface area contributed by atoms with E-state index in [0.29, 0.717) is 5.95 Å². The molecular weight excluding hydrogens is 242 g/mol. The van der Waals surface area contributed by atoms with Crippen molar-refractivity contribution in [1.29, 1.82) is 0 Å². The number of hydrogen-bond donors (Lipinski definition) is 1. The van der Waals surface area contributed by atoms with E-state index < -0.39 is 0 Å². The molecule has 0 amide bonds. The second-order valence-corrected chi connectivity index (χ2v) is 5.86. The van der Waals surface area contributed by atoms with Crippen LogP contribution in [-0.2, 0) is 18.3 Å². The monoisotopic (exact) mass is 263 g/mol. The molecule has 0 radical (unpaired) electrons. The molecule has 0 aliphatic carbocycles. The first-order valence-corrected chi connectivity index (χ1v) is 6.73. The summed E-state index contributed by atoms with van der Waals surface area (Å²) >= 11 is 0. The lowest BCUT2D eigenvalue weighted by atomic mass is 9.82. The number of imidazole rings is 1. The third-order valence-electron chi connectivity index (χ3n) is 4.16. The number of hydrogen-bond acceptors (Lipinski definition) is 4. The highest BCUT2D eigenvalue weighted by molar-refractivity contribution is 5.77. The van der Waals surface area contributed by atoms with Crippen LogP contribution in [-0.4, -0.2) is 32.5 Å². The van der Waals surface area contributed by atoms with E-state index in [9.17, 15) is 0 Å². The minimum absolute atomic E-state index is 0.220. The first-order valence-electron chi connectivity index (χ1n) is 6.73. The van der Waals surface area contributed by atoms with Crippen molar-refractivity contribution in [2.45, 2.75) is 33.2 Å². The van der Waals surface area contributed by atoms with Crippen LogP contribution < -0.4 is 5.73 Å². The van der Waals surface area contributed by atoms with E-state index in [1.807, 2.05) is 18.7 Å². The second kappa shape index (κ2) is 4.23. The molecule has 2 aromatic rings. The Balaban J connectivity index is 2.02. The van der Waals surface area contributed by atoms with Gasteiger partial charge in [-0.25, -0.2) is 4.98 Å². The van der Waals surface area contributed by atoms with E-state index in [4.69, 9.17) is 10.5 Å². The van der Waals surface area contributed by atoms with Gasteiger partial charge < -0.3 is 10.5 Å². The van der Waals surface area contributed by atoms with Crippen LogP contribution in [0.2, 0.25) is 0 Å². The molecule has 0 spiro atoms. The zero-order valence-electron chi connectivity index (χ0n) is 11.8. The average Bonchev–Trinajstić information content (AvgIpc) is 2.80. The Morgan fingerprint density at radius 2 is 2.05 bits per heavy atom. The highest BCUT2D eigenvalue weighted by Crippen LogP contribution is 2.34. The van der Waals surface area contributed by atoms with Crippen molar-refractivity contribution in [3.8, 4) is 0 Å². The van der Waals surface area contributed by atoms with Crippen LogP contribution in [0.15, 0.2) is 0 Å². The van der Waals surface area contributed by atoms with E-state index in [0.717, 1.165) is 49.5 Å². The Kier molecular flexibility index (Phi) is 2.78. The summed E-state index contributed by atoms with van der Waals surface area (Å²) in [6.45, 7) is 6.80. The molecular formula is C13H21N5O. The maximum atomic E-state index is 6.09. The molecule has 3 rings (SSSR count). The Morgan fingerprint density at radius 3 is 2.74 bits per heavy atom. The van der Waals surface area contributed by atoms with Gasteiger partial charge in [0.25, 0.3) is 0 Å². The van der Waals surface area contributed by atoms with Crippen LogP contribution in [0.25, 0.3) is 11.2 Å². The van der Waals surface area contributed by atoms with Gasteiger partial charge in [0.2, 0.25) is 5.95 Å². The number of rotatable bonds is 2. The van der Waals surface area contributed by atoms with Crippen molar-refractivity contribution in [3.05, 3.63) is 5.69 Å². The van der Waals surface area contributed by atoms with Gasteiger partial charge in [0, 0.05) is 26.8 Å². The molecule has 0 unspecified atom stereocenters. The first kappa shape index (κ1) is 12.5. The summed E-state index contributed by atoms with van der Waals surface area (Å²) in [5, 5.41) is 4.42. The molecule has 1 saturated heterocycles. The average molecular weight is 263 g/mol. The summed E-state index contributed by atoms with van der Waals surface area (Å²) in [5.74, 6) is 0.582. The zero-order valence-corrected chi connectivity index (χ0v) is 11.8. The van der Waals surface area contributed by atoms with Crippen molar-refractivity contribution in [1.82, 2.24) is 19.3 Å². The maximum Gasteiger partial charge on any atom is 0.202 e. The van der Waals surface area contributed by atoms with Gasteiger partial charge in [-0.3, -0.25) is 9.25 Å². The minimum atomic E-state index is 0.220. The third-order valence-corrected chi connectivity index (χ3v) is 4.16. The van der Waals surface area contributed by atoms with Crippen LogP contribution in [0.5, 0.6) is 0 Å². The highest BCUT2D eigenvalue weighted by Gasteiger charge is 2.30. The quantitative estimate of drug-likeness (QED) is 0.891. The summed E-state index contributed by atoms with van der Waals surface area (Å²) in [7, 11) is 1.94. The van der Waals surface area contributed by atoms with Crippen LogP contribution in [0.4, 0.5) is 5.95 Å². The molecule has 3 heterocycles. The van der Waals surface area contributed by atoms with Gasteiger partial charge in [0.05, 0.1) is 5.69 Å². The van der Waals surface area contributed by atoms with Gasteiger partial charge in [0.15, 0.2) is 5.65 Å². The summed E-state index contributed by atoms with van der Waals surface area (Å²) < 4.78 is 9.43. The standard InChI is InChI=1S/C13H21N5O/c1-9-10-11(17(3)16-9)18(12(14)15-10)8-13(2)4-6-19-7-5-13/h4-8H2,1-3H3,(H2,14,15). The largest absolute Gasteiger partial charge is 0.381 e. The normalized spacial score (nSPS) is 19.1. The van der Waals surface area contributed by atoms with E-state index in [1.54, 1.807) is 0 Å². The van der Waals surface area contributed by atoms with E-state index in [2.05, 4.69) is 21.6 Å². The Labute approximate surface area is 112 Å². The molecule has 0 saturated carbocycles. The molecule has 1 aliphatic rings. The number of nitrogens with zero attached hydrogens (tertiary/aromatic N) is 4. The molecule has 6 heteroatoms. The van der Waals surface area contributed by atoms with E-state index in [-0.39, 0.29) is 5.41 Å². The van der Waals surface area contributed by atoms with Crippen molar-refractivity contribution in [2.24, 2.45) is 12.5 Å². The SMILES string of the molecule is Cc1nn(C)c2c1nc(N)n2CC1(C)CCOCC1. The summed E-state index contributed by atoms with van der Waals surface area (Å²) in [6, 6.07) is 0.